The molecule has 0 saturated carbocycles. The van der Waals surface area contributed by atoms with Crippen LogP contribution in [0.4, 0.5) is 0 Å². The van der Waals surface area contributed by atoms with Gasteiger partial charge in [-0.2, -0.15) is 0 Å². The lowest BCUT2D eigenvalue weighted by Gasteiger charge is -2.25. The summed E-state index contributed by atoms with van der Waals surface area (Å²) in [6.45, 7) is 7.81. The number of aliphatic hydroxyl groups is 1. The maximum absolute atomic E-state index is 13.1. The lowest BCUT2D eigenvalue weighted by atomic mass is 9.95. The fraction of sp³-hybridized carbons (Fsp3) is 0.423. The van der Waals surface area contributed by atoms with Crippen molar-refractivity contribution >= 4 is 17.4 Å². The number of likely N-dealkylation sites (tertiary alicyclic amines) is 1. The molecule has 0 bridgehead atoms. The molecule has 7 nitrogen and oxygen atoms in total. The van der Waals surface area contributed by atoms with Crippen molar-refractivity contribution < 1.29 is 19.4 Å². The molecule has 0 radical (unpaired) electrons. The number of rotatable bonds is 9. The molecule has 1 aromatic carbocycles. The minimum absolute atomic E-state index is 0.0908. The van der Waals surface area contributed by atoms with Gasteiger partial charge in [-0.3, -0.25) is 14.6 Å². The molecule has 0 aliphatic carbocycles. The highest BCUT2D eigenvalue weighted by atomic mass is 16.5. The first kappa shape index (κ1) is 24.5. The van der Waals surface area contributed by atoms with Gasteiger partial charge in [-0.25, -0.2) is 0 Å². The van der Waals surface area contributed by atoms with Crippen molar-refractivity contribution in [3.8, 4) is 5.75 Å². The second-order valence-electron chi connectivity index (χ2n) is 9.12. The Labute approximate surface area is 195 Å². The molecule has 1 unspecified atom stereocenters. The summed E-state index contributed by atoms with van der Waals surface area (Å²) in [6.07, 6.45) is 3.98. The van der Waals surface area contributed by atoms with Crippen LogP contribution in [-0.2, 0) is 9.59 Å². The molecule has 1 aliphatic heterocycles. The lowest BCUT2D eigenvalue weighted by molar-refractivity contribution is -0.139. The molecule has 1 aromatic heterocycles. The molecular formula is C26H33N3O4. The molecule has 1 fully saturated rings. The third kappa shape index (κ3) is 5.60. The fourth-order valence-corrected chi connectivity index (χ4v) is 3.92. The Hall–Kier alpha value is -3.19. The zero-order chi connectivity index (χ0) is 24.1. The molecule has 176 valence electrons. The summed E-state index contributed by atoms with van der Waals surface area (Å²) >= 11 is 0. The number of aromatic nitrogens is 1. The van der Waals surface area contributed by atoms with E-state index in [0.29, 0.717) is 36.6 Å². The van der Waals surface area contributed by atoms with Crippen molar-refractivity contribution in [1.82, 2.24) is 14.8 Å². The molecule has 33 heavy (non-hydrogen) atoms. The number of amides is 1. The summed E-state index contributed by atoms with van der Waals surface area (Å²) in [7, 11) is 3.92. The molecule has 2 heterocycles. The minimum Gasteiger partial charge on any atom is -0.507 e. The van der Waals surface area contributed by atoms with Crippen LogP contribution in [-0.4, -0.2) is 65.4 Å². The fourth-order valence-electron chi connectivity index (χ4n) is 3.92. The monoisotopic (exact) mass is 451 g/mol. The molecule has 3 rings (SSSR count). The van der Waals surface area contributed by atoms with Gasteiger partial charge in [0.2, 0.25) is 0 Å². The Balaban J connectivity index is 2.01. The Morgan fingerprint density at radius 3 is 2.61 bits per heavy atom. The van der Waals surface area contributed by atoms with Crippen molar-refractivity contribution in [2.75, 3.05) is 33.8 Å². The first-order valence-corrected chi connectivity index (χ1v) is 11.3. The maximum atomic E-state index is 13.1. The van der Waals surface area contributed by atoms with E-state index < -0.39 is 17.7 Å². The van der Waals surface area contributed by atoms with Gasteiger partial charge >= 0.3 is 0 Å². The highest BCUT2D eigenvalue weighted by Gasteiger charge is 2.45. The number of hydrogen-bond donors (Lipinski definition) is 1. The smallest absolute Gasteiger partial charge is 0.295 e. The largest absolute Gasteiger partial charge is 0.507 e. The zero-order valence-electron chi connectivity index (χ0n) is 20.0. The number of nitrogens with zero attached hydrogens (tertiary/aromatic N) is 3. The molecule has 7 heteroatoms. The van der Waals surface area contributed by atoms with Crippen molar-refractivity contribution in [2.45, 2.75) is 33.2 Å². The number of carbonyl (C=O) groups excluding carboxylic acids is 2. The molecular weight excluding hydrogens is 418 g/mol. The minimum atomic E-state index is -0.682. The second kappa shape index (κ2) is 10.6. The lowest BCUT2D eigenvalue weighted by Crippen LogP contribution is -2.32. The summed E-state index contributed by atoms with van der Waals surface area (Å²) in [6, 6.07) is 8.20. The van der Waals surface area contributed by atoms with Gasteiger partial charge in [-0.05, 0) is 75.3 Å². The van der Waals surface area contributed by atoms with E-state index in [1.54, 1.807) is 41.6 Å². The van der Waals surface area contributed by atoms with Gasteiger partial charge in [-0.15, -0.1) is 0 Å². The Morgan fingerprint density at radius 2 is 2.00 bits per heavy atom. The van der Waals surface area contributed by atoms with Crippen LogP contribution in [0, 0.1) is 12.8 Å². The summed E-state index contributed by atoms with van der Waals surface area (Å²) < 4.78 is 5.83. The number of pyridine rings is 1. The van der Waals surface area contributed by atoms with Gasteiger partial charge in [0.25, 0.3) is 11.7 Å². The number of ketones is 1. The molecule has 1 amide bonds. The van der Waals surface area contributed by atoms with Gasteiger partial charge in [-0.1, -0.05) is 19.9 Å². The molecule has 0 spiro atoms. The molecule has 1 atom stereocenters. The van der Waals surface area contributed by atoms with Gasteiger partial charge in [0.15, 0.2) is 0 Å². The van der Waals surface area contributed by atoms with E-state index in [-0.39, 0.29) is 11.3 Å². The summed E-state index contributed by atoms with van der Waals surface area (Å²) in [5, 5.41) is 11.2. The standard InChI is InChI=1S/C26H33N3O4/c1-17(2)16-33-21-10-9-19(14-18(21)3)24(30)22-23(20-8-6-11-27-15-20)29(26(32)25(22)31)13-7-12-28(4)5/h6,8-11,14-15,17,23,30H,7,12-13,16H2,1-5H3/b24-22+. The van der Waals surface area contributed by atoms with Crippen molar-refractivity contribution in [1.29, 1.82) is 0 Å². The first-order chi connectivity index (χ1) is 15.7. The van der Waals surface area contributed by atoms with Crippen molar-refractivity contribution in [3.63, 3.8) is 0 Å². The number of hydrogen-bond acceptors (Lipinski definition) is 6. The highest BCUT2D eigenvalue weighted by molar-refractivity contribution is 6.46. The number of aliphatic hydroxyl groups excluding tert-OH is 1. The number of benzene rings is 1. The summed E-state index contributed by atoms with van der Waals surface area (Å²) in [5.74, 6) is -0.341. The van der Waals surface area contributed by atoms with E-state index in [9.17, 15) is 14.7 Å². The molecule has 1 saturated heterocycles. The van der Waals surface area contributed by atoms with Crippen LogP contribution in [0.3, 0.4) is 0 Å². The van der Waals surface area contributed by atoms with Gasteiger partial charge in [0.1, 0.15) is 11.5 Å². The first-order valence-electron chi connectivity index (χ1n) is 11.3. The topological polar surface area (TPSA) is 83.0 Å². The van der Waals surface area contributed by atoms with Crippen LogP contribution in [0.25, 0.3) is 5.76 Å². The average Bonchev–Trinajstić information content (AvgIpc) is 3.03. The van der Waals surface area contributed by atoms with Gasteiger partial charge in [0, 0.05) is 24.5 Å². The van der Waals surface area contributed by atoms with Crippen LogP contribution in [0.5, 0.6) is 5.75 Å². The normalized spacial score (nSPS) is 17.9. The van der Waals surface area contributed by atoms with E-state index in [2.05, 4.69) is 18.8 Å². The van der Waals surface area contributed by atoms with Gasteiger partial charge < -0.3 is 19.6 Å². The molecule has 2 aromatic rings. The van der Waals surface area contributed by atoms with Crippen LogP contribution < -0.4 is 4.74 Å². The SMILES string of the molecule is Cc1cc(/C(O)=C2\C(=O)C(=O)N(CCCN(C)C)C2c2cccnc2)ccc1OCC(C)C. The number of ether oxygens (including phenoxy) is 1. The average molecular weight is 452 g/mol. The van der Waals surface area contributed by atoms with Crippen LogP contribution >= 0.6 is 0 Å². The van der Waals surface area contributed by atoms with E-state index >= 15 is 0 Å². The van der Waals surface area contributed by atoms with E-state index in [0.717, 1.165) is 17.9 Å². The zero-order valence-corrected chi connectivity index (χ0v) is 20.0. The van der Waals surface area contributed by atoms with E-state index in [4.69, 9.17) is 4.74 Å². The van der Waals surface area contributed by atoms with E-state index in [1.165, 1.54) is 0 Å². The third-order valence-electron chi connectivity index (χ3n) is 5.56. The van der Waals surface area contributed by atoms with Crippen molar-refractivity contribution in [2.24, 2.45) is 5.92 Å². The van der Waals surface area contributed by atoms with Gasteiger partial charge in [0.05, 0.1) is 18.2 Å². The van der Waals surface area contributed by atoms with Crippen LogP contribution in [0.2, 0.25) is 0 Å². The summed E-state index contributed by atoms with van der Waals surface area (Å²) in [5.41, 5.74) is 2.10. The number of Topliss-reactive ketones (excluding diaryl/α,β-unsaturated/α-hetero) is 1. The Morgan fingerprint density at radius 1 is 1.24 bits per heavy atom. The number of carbonyl (C=O) groups is 2. The number of aryl methyl sites for hydroxylation is 1. The highest BCUT2D eigenvalue weighted by Crippen LogP contribution is 2.39. The van der Waals surface area contributed by atoms with Crippen LogP contribution in [0.1, 0.15) is 43.0 Å². The molecule has 1 aliphatic rings. The van der Waals surface area contributed by atoms with Crippen LogP contribution in [0.15, 0.2) is 48.3 Å². The quantitative estimate of drug-likeness (QED) is 0.355. The van der Waals surface area contributed by atoms with Crippen molar-refractivity contribution in [3.05, 3.63) is 65.0 Å². The molecule has 1 N–H and O–H groups in total. The van der Waals surface area contributed by atoms with E-state index in [1.807, 2.05) is 32.0 Å². The summed E-state index contributed by atoms with van der Waals surface area (Å²) in [4.78, 5) is 33.8. The second-order valence-corrected chi connectivity index (χ2v) is 9.12. The maximum Gasteiger partial charge on any atom is 0.295 e. The Kier molecular flexibility index (Phi) is 7.87. The third-order valence-corrected chi connectivity index (χ3v) is 5.56. The predicted molar refractivity (Wildman–Crippen MR) is 128 cm³/mol. The Bertz CT molecular complexity index is 1030. The predicted octanol–water partition coefficient (Wildman–Crippen LogP) is 3.80.